The van der Waals surface area contributed by atoms with Crippen LogP contribution in [0.3, 0.4) is 0 Å². The summed E-state index contributed by atoms with van der Waals surface area (Å²) in [5.41, 5.74) is 3.31. The van der Waals surface area contributed by atoms with Crippen LogP contribution >= 0.6 is 0 Å². The van der Waals surface area contributed by atoms with Gasteiger partial charge >= 0.3 is 0 Å². The predicted octanol–water partition coefficient (Wildman–Crippen LogP) is 4.05. The van der Waals surface area contributed by atoms with E-state index in [1.165, 1.54) is 11.1 Å². The number of aliphatic hydroxyl groups is 1. The van der Waals surface area contributed by atoms with E-state index in [9.17, 15) is 5.11 Å². The molecule has 0 aliphatic heterocycles. The third kappa shape index (κ3) is 3.91. The first-order chi connectivity index (χ1) is 9.47. The molecule has 0 saturated carbocycles. The molecule has 1 heterocycles. The smallest absolute Gasteiger partial charge is 0.0963 e. The fourth-order valence-corrected chi connectivity index (χ4v) is 2.19. The molecular formula is C18H23NO. The number of aromatic nitrogens is 1. The highest BCUT2D eigenvalue weighted by atomic mass is 16.3. The third-order valence-electron chi connectivity index (χ3n) is 3.54. The van der Waals surface area contributed by atoms with Gasteiger partial charge in [0.25, 0.3) is 0 Å². The summed E-state index contributed by atoms with van der Waals surface area (Å²) in [6, 6.07) is 14.3. The lowest BCUT2D eigenvalue weighted by atomic mass is 9.87. The molecule has 0 radical (unpaired) electrons. The minimum atomic E-state index is -0.502. The second kappa shape index (κ2) is 6.19. The van der Waals surface area contributed by atoms with Gasteiger partial charge in [-0.3, -0.25) is 4.98 Å². The molecule has 0 fully saturated rings. The number of aliphatic hydroxyl groups excluding tert-OH is 1. The summed E-state index contributed by atoms with van der Waals surface area (Å²) < 4.78 is 0. The Morgan fingerprint density at radius 3 is 2.45 bits per heavy atom. The molecule has 2 heteroatoms. The van der Waals surface area contributed by atoms with Gasteiger partial charge in [-0.15, -0.1) is 0 Å². The fourth-order valence-electron chi connectivity index (χ4n) is 2.19. The van der Waals surface area contributed by atoms with Gasteiger partial charge in [-0.2, -0.15) is 0 Å². The minimum Gasteiger partial charge on any atom is -0.387 e. The molecule has 0 saturated heterocycles. The Balaban J connectivity index is 2.04. The molecule has 1 atom stereocenters. The summed E-state index contributed by atoms with van der Waals surface area (Å²) >= 11 is 0. The van der Waals surface area contributed by atoms with Gasteiger partial charge in [-0.25, -0.2) is 0 Å². The maximum Gasteiger partial charge on any atom is 0.0963 e. The van der Waals surface area contributed by atoms with Gasteiger partial charge < -0.3 is 5.11 Å². The third-order valence-corrected chi connectivity index (χ3v) is 3.54. The minimum absolute atomic E-state index is 0.0802. The van der Waals surface area contributed by atoms with Crippen LogP contribution in [0.1, 0.15) is 50.1 Å². The fraction of sp³-hybridized carbons (Fsp3) is 0.389. The lowest BCUT2D eigenvalue weighted by Crippen LogP contribution is -2.13. The van der Waals surface area contributed by atoms with Gasteiger partial charge in [-0.1, -0.05) is 51.1 Å². The summed E-state index contributed by atoms with van der Waals surface area (Å²) in [5, 5.41) is 10.3. The second-order valence-corrected chi connectivity index (χ2v) is 6.26. The van der Waals surface area contributed by atoms with E-state index >= 15 is 0 Å². The second-order valence-electron chi connectivity index (χ2n) is 6.26. The molecule has 0 spiro atoms. The molecule has 1 aromatic heterocycles. The topological polar surface area (TPSA) is 33.1 Å². The number of hydrogen-bond acceptors (Lipinski definition) is 2. The van der Waals surface area contributed by atoms with Crippen molar-refractivity contribution in [3.05, 3.63) is 65.5 Å². The lowest BCUT2D eigenvalue weighted by molar-refractivity contribution is 0.163. The average molecular weight is 269 g/mol. The van der Waals surface area contributed by atoms with E-state index in [0.29, 0.717) is 6.42 Å². The molecular weight excluding hydrogens is 246 g/mol. The Morgan fingerprint density at radius 1 is 1.10 bits per heavy atom. The van der Waals surface area contributed by atoms with Gasteiger partial charge in [0.05, 0.1) is 11.8 Å². The zero-order valence-electron chi connectivity index (χ0n) is 12.5. The molecule has 106 valence electrons. The Kier molecular flexibility index (Phi) is 4.56. The Hall–Kier alpha value is -1.67. The van der Waals surface area contributed by atoms with Crippen molar-refractivity contribution in [1.29, 1.82) is 0 Å². The maximum atomic E-state index is 10.3. The number of aryl methyl sites for hydroxylation is 1. The van der Waals surface area contributed by atoms with Crippen molar-refractivity contribution in [1.82, 2.24) is 4.98 Å². The molecule has 2 aromatic rings. The first-order valence-electron chi connectivity index (χ1n) is 7.15. The number of benzene rings is 1. The van der Waals surface area contributed by atoms with Crippen LogP contribution in [-0.2, 0) is 11.8 Å². The summed E-state index contributed by atoms with van der Waals surface area (Å²) in [5.74, 6) is 0. The van der Waals surface area contributed by atoms with Crippen LogP contribution in [0.25, 0.3) is 0 Å². The van der Waals surface area contributed by atoms with Crippen LogP contribution in [-0.4, -0.2) is 10.1 Å². The molecule has 0 bridgehead atoms. The molecule has 1 N–H and O–H groups in total. The van der Waals surface area contributed by atoms with Crippen LogP contribution in [0.15, 0.2) is 48.7 Å². The van der Waals surface area contributed by atoms with Crippen molar-refractivity contribution in [2.75, 3.05) is 0 Å². The molecule has 20 heavy (non-hydrogen) atoms. The van der Waals surface area contributed by atoms with E-state index in [2.05, 4.69) is 37.9 Å². The van der Waals surface area contributed by atoms with E-state index in [0.717, 1.165) is 12.1 Å². The van der Waals surface area contributed by atoms with Crippen molar-refractivity contribution >= 4 is 0 Å². The summed E-state index contributed by atoms with van der Waals surface area (Å²) in [7, 11) is 0. The van der Waals surface area contributed by atoms with Gasteiger partial charge in [0.2, 0.25) is 0 Å². The van der Waals surface area contributed by atoms with Gasteiger partial charge in [0, 0.05) is 6.20 Å². The highest BCUT2D eigenvalue weighted by Gasteiger charge is 2.16. The number of rotatable bonds is 4. The van der Waals surface area contributed by atoms with E-state index in [1.54, 1.807) is 6.20 Å². The molecule has 0 unspecified atom stereocenters. The first-order valence-corrected chi connectivity index (χ1v) is 7.15. The Morgan fingerprint density at radius 2 is 1.80 bits per heavy atom. The maximum absolute atomic E-state index is 10.3. The van der Waals surface area contributed by atoms with Crippen molar-refractivity contribution in [3.63, 3.8) is 0 Å². The zero-order chi connectivity index (χ0) is 14.6. The van der Waals surface area contributed by atoms with Gasteiger partial charge in [0.15, 0.2) is 0 Å². The van der Waals surface area contributed by atoms with Crippen LogP contribution < -0.4 is 0 Å². The Labute approximate surface area is 121 Å². The molecule has 2 rings (SSSR count). The predicted molar refractivity (Wildman–Crippen MR) is 82.7 cm³/mol. The van der Waals surface area contributed by atoms with Crippen molar-refractivity contribution < 1.29 is 5.11 Å². The van der Waals surface area contributed by atoms with E-state index in [4.69, 9.17) is 0 Å². The van der Waals surface area contributed by atoms with Crippen molar-refractivity contribution in [3.8, 4) is 0 Å². The number of hydrogen-bond donors (Lipinski definition) is 1. The molecule has 0 aliphatic rings. The quantitative estimate of drug-likeness (QED) is 0.908. The average Bonchev–Trinajstić information content (AvgIpc) is 2.45. The molecule has 0 amide bonds. The monoisotopic (exact) mass is 269 g/mol. The highest BCUT2D eigenvalue weighted by molar-refractivity contribution is 5.25. The standard InChI is InChI=1S/C18H23NO/c1-18(2,3)15-11-12-19-16(13-15)17(20)10-9-14-7-5-4-6-8-14/h4-8,11-13,17,20H,9-10H2,1-3H3/t17-/m1/s1. The molecule has 0 aliphatic carbocycles. The SMILES string of the molecule is CC(C)(C)c1ccnc([C@H](O)CCc2ccccc2)c1. The van der Waals surface area contributed by atoms with Gasteiger partial charge in [0.1, 0.15) is 0 Å². The summed E-state index contributed by atoms with van der Waals surface area (Å²) in [6.45, 7) is 6.51. The van der Waals surface area contributed by atoms with Gasteiger partial charge in [-0.05, 0) is 41.5 Å². The van der Waals surface area contributed by atoms with Crippen LogP contribution in [0.4, 0.5) is 0 Å². The van der Waals surface area contributed by atoms with Crippen LogP contribution in [0.2, 0.25) is 0 Å². The van der Waals surface area contributed by atoms with Crippen LogP contribution in [0, 0.1) is 0 Å². The van der Waals surface area contributed by atoms with E-state index in [1.807, 2.05) is 30.3 Å². The van der Waals surface area contributed by atoms with Crippen LogP contribution in [0.5, 0.6) is 0 Å². The van der Waals surface area contributed by atoms with Crippen molar-refractivity contribution in [2.45, 2.75) is 45.1 Å². The van der Waals surface area contributed by atoms with Crippen molar-refractivity contribution in [2.24, 2.45) is 0 Å². The highest BCUT2D eigenvalue weighted by Crippen LogP contribution is 2.25. The number of nitrogens with zero attached hydrogens (tertiary/aromatic N) is 1. The normalized spacial score (nSPS) is 13.2. The Bertz CT molecular complexity index is 543. The summed E-state index contributed by atoms with van der Waals surface area (Å²) in [4.78, 5) is 4.32. The van der Waals surface area contributed by atoms with E-state index < -0.39 is 6.10 Å². The zero-order valence-corrected chi connectivity index (χ0v) is 12.5. The lowest BCUT2D eigenvalue weighted by Gasteiger charge is -2.20. The van der Waals surface area contributed by atoms with E-state index in [-0.39, 0.29) is 5.41 Å². The molecule has 1 aromatic carbocycles. The largest absolute Gasteiger partial charge is 0.387 e. The number of pyridine rings is 1. The first kappa shape index (κ1) is 14.7. The molecule has 2 nitrogen and oxygen atoms in total. The summed E-state index contributed by atoms with van der Waals surface area (Å²) in [6.07, 6.45) is 2.85.